The topological polar surface area (TPSA) is 56.0 Å². The number of nitrogens with zero attached hydrogens (tertiary/aromatic N) is 1. The summed E-state index contributed by atoms with van der Waals surface area (Å²) in [6, 6.07) is 7.76. The molecule has 3 nitrogen and oxygen atoms in total. The van der Waals surface area contributed by atoms with Crippen molar-refractivity contribution >= 4 is 23.4 Å². The summed E-state index contributed by atoms with van der Waals surface area (Å²) in [5, 5.41) is 0. The summed E-state index contributed by atoms with van der Waals surface area (Å²) in [4.78, 5) is 16.8. The van der Waals surface area contributed by atoms with E-state index in [2.05, 4.69) is 4.98 Å². The van der Waals surface area contributed by atoms with Gasteiger partial charge in [0, 0.05) is 11.1 Å². The number of aromatic nitrogens is 1. The van der Waals surface area contributed by atoms with Gasteiger partial charge in [0.05, 0.1) is 11.3 Å². The first-order valence-corrected chi connectivity index (χ1v) is 6.68. The second-order valence-electron chi connectivity index (χ2n) is 4.11. The first kappa shape index (κ1) is 13.5. The Kier molecular flexibility index (Phi) is 4.16. The first-order chi connectivity index (χ1) is 9.06. The van der Waals surface area contributed by atoms with E-state index >= 15 is 0 Å². The van der Waals surface area contributed by atoms with Crippen molar-refractivity contribution in [2.45, 2.75) is 11.8 Å². The van der Waals surface area contributed by atoms with Crippen molar-refractivity contribution < 1.29 is 9.18 Å². The maximum absolute atomic E-state index is 12.7. The smallest absolute Gasteiger partial charge is 0.176 e. The first-order valence-electron chi connectivity index (χ1n) is 5.70. The molecule has 0 amide bonds. The molecule has 98 valence electrons. The molecular weight excluding hydrogens is 263 g/mol. The molecule has 0 aliphatic carbocycles. The number of ketones is 1. The zero-order valence-corrected chi connectivity index (χ0v) is 11.2. The number of anilines is 1. The predicted molar refractivity (Wildman–Crippen MR) is 74.8 cm³/mol. The average Bonchev–Trinajstić information content (AvgIpc) is 2.40. The van der Waals surface area contributed by atoms with Gasteiger partial charge in [-0.1, -0.05) is 0 Å². The van der Waals surface area contributed by atoms with Crippen molar-refractivity contribution in [3.63, 3.8) is 0 Å². The van der Waals surface area contributed by atoms with Gasteiger partial charge in [0.25, 0.3) is 0 Å². The molecule has 0 atom stereocenters. The molecule has 0 saturated heterocycles. The fraction of sp³-hybridized carbons (Fsp3) is 0.143. The van der Waals surface area contributed by atoms with Crippen LogP contribution < -0.4 is 5.73 Å². The van der Waals surface area contributed by atoms with Crippen LogP contribution in [0.4, 0.5) is 10.2 Å². The quantitative estimate of drug-likeness (QED) is 0.688. The predicted octanol–water partition coefficient (Wildman–Crippen LogP) is 3.09. The van der Waals surface area contributed by atoms with Gasteiger partial charge in [-0.05, 0) is 42.8 Å². The average molecular weight is 276 g/mol. The standard InChI is InChI=1S/C14H13FN2OS/c1-9-6-12(14(16)17-7-9)13(18)8-19-11-4-2-10(15)3-5-11/h2-7H,8H2,1H3,(H2,16,17). The van der Waals surface area contributed by atoms with Crippen LogP contribution in [0.2, 0.25) is 0 Å². The van der Waals surface area contributed by atoms with Crippen LogP contribution in [0.15, 0.2) is 41.4 Å². The molecule has 0 aliphatic rings. The zero-order valence-electron chi connectivity index (χ0n) is 10.4. The Balaban J connectivity index is 2.05. The summed E-state index contributed by atoms with van der Waals surface area (Å²) in [6.07, 6.45) is 1.62. The van der Waals surface area contributed by atoms with Crippen molar-refractivity contribution in [1.82, 2.24) is 4.98 Å². The lowest BCUT2D eigenvalue weighted by molar-refractivity contribution is 0.102. The van der Waals surface area contributed by atoms with Crippen LogP contribution in [0, 0.1) is 12.7 Å². The number of thioether (sulfide) groups is 1. The lowest BCUT2D eigenvalue weighted by Gasteiger charge is -2.05. The largest absolute Gasteiger partial charge is 0.383 e. The van der Waals surface area contributed by atoms with Gasteiger partial charge in [-0.2, -0.15) is 0 Å². The highest BCUT2D eigenvalue weighted by Gasteiger charge is 2.11. The Morgan fingerprint density at radius 3 is 2.74 bits per heavy atom. The molecular formula is C14H13FN2OS. The van der Waals surface area contributed by atoms with Crippen LogP contribution in [0.25, 0.3) is 0 Å². The van der Waals surface area contributed by atoms with Crippen LogP contribution in [0.5, 0.6) is 0 Å². The number of carbonyl (C=O) groups excluding carboxylic acids is 1. The SMILES string of the molecule is Cc1cnc(N)c(C(=O)CSc2ccc(F)cc2)c1. The third kappa shape index (κ3) is 3.54. The second kappa shape index (κ2) is 5.84. The summed E-state index contributed by atoms with van der Waals surface area (Å²) in [5.41, 5.74) is 7.02. The minimum absolute atomic E-state index is 0.0805. The molecule has 0 saturated carbocycles. The molecule has 0 aliphatic heterocycles. The number of Topliss-reactive ketones (excluding diaryl/α,β-unsaturated/α-hetero) is 1. The lowest BCUT2D eigenvalue weighted by atomic mass is 10.1. The molecule has 0 fully saturated rings. The lowest BCUT2D eigenvalue weighted by Crippen LogP contribution is -2.08. The fourth-order valence-corrected chi connectivity index (χ4v) is 2.34. The van der Waals surface area contributed by atoms with Crippen molar-refractivity contribution in [1.29, 1.82) is 0 Å². The molecule has 0 unspecified atom stereocenters. The van der Waals surface area contributed by atoms with Crippen LogP contribution >= 0.6 is 11.8 Å². The number of nitrogens with two attached hydrogens (primary N) is 1. The monoisotopic (exact) mass is 276 g/mol. The van der Waals surface area contributed by atoms with E-state index < -0.39 is 0 Å². The highest BCUT2D eigenvalue weighted by Crippen LogP contribution is 2.21. The number of hydrogen-bond donors (Lipinski definition) is 1. The number of pyridine rings is 1. The van der Waals surface area contributed by atoms with E-state index in [1.165, 1.54) is 23.9 Å². The number of aryl methyl sites for hydroxylation is 1. The Labute approximate surface area is 115 Å². The Morgan fingerprint density at radius 1 is 1.37 bits per heavy atom. The number of halogens is 1. The molecule has 2 rings (SSSR count). The zero-order chi connectivity index (χ0) is 13.8. The molecule has 1 heterocycles. The van der Waals surface area contributed by atoms with Crippen LogP contribution in [0.3, 0.4) is 0 Å². The Hall–Kier alpha value is -1.88. The van der Waals surface area contributed by atoms with Gasteiger partial charge < -0.3 is 5.73 Å². The maximum atomic E-state index is 12.7. The number of hydrogen-bond acceptors (Lipinski definition) is 4. The molecule has 2 N–H and O–H groups in total. The van der Waals surface area contributed by atoms with Gasteiger partial charge in [0.2, 0.25) is 0 Å². The number of rotatable bonds is 4. The molecule has 0 bridgehead atoms. The number of carbonyl (C=O) groups is 1. The Morgan fingerprint density at radius 2 is 2.05 bits per heavy atom. The number of nitrogen functional groups attached to an aromatic ring is 1. The van der Waals surface area contributed by atoms with Crippen molar-refractivity contribution in [3.8, 4) is 0 Å². The van der Waals surface area contributed by atoms with E-state index in [0.717, 1.165) is 10.5 Å². The van der Waals surface area contributed by atoms with E-state index in [0.29, 0.717) is 5.56 Å². The molecule has 0 radical (unpaired) electrons. The highest BCUT2D eigenvalue weighted by molar-refractivity contribution is 8.00. The van der Waals surface area contributed by atoms with Gasteiger partial charge in [-0.15, -0.1) is 11.8 Å². The second-order valence-corrected chi connectivity index (χ2v) is 5.16. The van der Waals surface area contributed by atoms with E-state index in [-0.39, 0.29) is 23.2 Å². The van der Waals surface area contributed by atoms with Crippen LogP contribution in [0.1, 0.15) is 15.9 Å². The summed E-state index contributed by atoms with van der Waals surface area (Å²) in [7, 11) is 0. The summed E-state index contributed by atoms with van der Waals surface area (Å²) in [6.45, 7) is 1.86. The van der Waals surface area contributed by atoms with Crippen LogP contribution in [-0.2, 0) is 0 Å². The highest BCUT2D eigenvalue weighted by atomic mass is 32.2. The fourth-order valence-electron chi connectivity index (χ4n) is 1.56. The van der Waals surface area contributed by atoms with E-state index in [4.69, 9.17) is 5.73 Å². The van der Waals surface area contributed by atoms with Gasteiger partial charge in [-0.3, -0.25) is 4.79 Å². The maximum Gasteiger partial charge on any atom is 0.176 e. The summed E-state index contributed by atoms with van der Waals surface area (Å²) >= 11 is 1.35. The van der Waals surface area contributed by atoms with Gasteiger partial charge in [0.1, 0.15) is 11.6 Å². The van der Waals surface area contributed by atoms with E-state index in [1.807, 2.05) is 6.92 Å². The number of benzene rings is 1. The third-order valence-electron chi connectivity index (χ3n) is 2.54. The van der Waals surface area contributed by atoms with Crippen molar-refractivity contribution in [2.24, 2.45) is 0 Å². The van der Waals surface area contributed by atoms with Crippen LogP contribution in [-0.4, -0.2) is 16.5 Å². The van der Waals surface area contributed by atoms with Crippen molar-refractivity contribution in [2.75, 3.05) is 11.5 Å². The molecule has 2 aromatic rings. The van der Waals surface area contributed by atoms with Crippen molar-refractivity contribution in [3.05, 3.63) is 53.5 Å². The minimum atomic E-state index is -0.289. The van der Waals surface area contributed by atoms with Gasteiger partial charge in [0.15, 0.2) is 5.78 Å². The molecule has 1 aromatic heterocycles. The van der Waals surface area contributed by atoms with E-state index in [1.54, 1.807) is 24.4 Å². The third-order valence-corrected chi connectivity index (χ3v) is 3.55. The van der Waals surface area contributed by atoms with Gasteiger partial charge >= 0.3 is 0 Å². The minimum Gasteiger partial charge on any atom is -0.383 e. The molecule has 1 aromatic carbocycles. The summed E-state index contributed by atoms with van der Waals surface area (Å²) in [5.74, 6) is 0.127. The summed E-state index contributed by atoms with van der Waals surface area (Å²) < 4.78 is 12.7. The molecule has 0 spiro atoms. The Bertz CT molecular complexity index is 599. The van der Waals surface area contributed by atoms with E-state index in [9.17, 15) is 9.18 Å². The molecule has 5 heteroatoms. The molecule has 19 heavy (non-hydrogen) atoms. The van der Waals surface area contributed by atoms with Gasteiger partial charge in [-0.25, -0.2) is 9.37 Å². The normalized spacial score (nSPS) is 10.4.